The molecule has 1 aromatic heterocycles. The van der Waals surface area contributed by atoms with E-state index in [1.165, 1.54) is 21.7 Å². The zero-order valence-electron chi connectivity index (χ0n) is 9.93. The Morgan fingerprint density at radius 2 is 2.13 bits per heavy atom. The maximum absolute atomic E-state index is 5.00. The molecule has 0 fully saturated rings. The molecule has 0 aliphatic carbocycles. The number of methoxy groups -OCH3 is 1. The first-order valence-corrected chi connectivity index (χ1v) is 6.31. The minimum absolute atomic E-state index is 0.873. The maximum Gasteiger partial charge on any atom is 0.0462 e. The number of ether oxygens (including phenoxy) is 1. The van der Waals surface area contributed by atoms with Crippen LogP contribution in [0, 0.1) is 13.8 Å². The summed E-state index contributed by atoms with van der Waals surface area (Å²) < 4.78 is 5.00. The zero-order chi connectivity index (χ0) is 11.1. The van der Waals surface area contributed by atoms with Crippen LogP contribution in [0.15, 0.2) is 6.07 Å². The van der Waals surface area contributed by atoms with Crippen LogP contribution in [0.3, 0.4) is 0 Å². The van der Waals surface area contributed by atoms with Gasteiger partial charge in [-0.05, 0) is 44.9 Å². The van der Waals surface area contributed by atoms with Gasteiger partial charge in [-0.1, -0.05) is 0 Å². The molecule has 0 amide bonds. The van der Waals surface area contributed by atoms with E-state index in [1.807, 2.05) is 11.3 Å². The maximum atomic E-state index is 5.00. The summed E-state index contributed by atoms with van der Waals surface area (Å²) in [6, 6.07) is 2.28. The van der Waals surface area contributed by atoms with Gasteiger partial charge in [-0.2, -0.15) is 0 Å². The summed E-state index contributed by atoms with van der Waals surface area (Å²) in [6.07, 6.45) is 2.33. The van der Waals surface area contributed by atoms with Crippen LogP contribution >= 0.6 is 11.3 Å². The van der Waals surface area contributed by atoms with Crippen molar-refractivity contribution in [2.75, 3.05) is 20.3 Å². The van der Waals surface area contributed by atoms with Crippen molar-refractivity contribution in [1.29, 1.82) is 0 Å². The van der Waals surface area contributed by atoms with Gasteiger partial charge in [0.1, 0.15) is 0 Å². The highest BCUT2D eigenvalue weighted by molar-refractivity contribution is 7.12. The lowest BCUT2D eigenvalue weighted by Crippen LogP contribution is -2.15. The molecule has 0 saturated heterocycles. The van der Waals surface area contributed by atoms with Gasteiger partial charge in [-0.15, -0.1) is 11.3 Å². The first-order chi connectivity index (χ1) is 7.24. The van der Waals surface area contributed by atoms with Gasteiger partial charge in [-0.25, -0.2) is 0 Å². The average Bonchev–Trinajstić information content (AvgIpc) is 2.51. The van der Waals surface area contributed by atoms with Crippen LogP contribution in [-0.2, 0) is 11.3 Å². The summed E-state index contributed by atoms with van der Waals surface area (Å²) in [7, 11) is 1.75. The lowest BCUT2D eigenvalue weighted by molar-refractivity contribution is 0.192. The van der Waals surface area contributed by atoms with Gasteiger partial charge in [-0.3, -0.25) is 0 Å². The number of rotatable bonds is 7. The number of hydrogen-bond acceptors (Lipinski definition) is 3. The van der Waals surface area contributed by atoms with Gasteiger partial charge < -0.3 is 10.1 Å². The predicted octanol–water partition coefficient (Wildman–Crippen LogP) is 2.88. The smallest absolute Gasteiger partial charge is 0.0462 e. The summed E-state index contributed by atoms with van der Waals surface area (Å²) >= 11 is 1.88. The van der Waals surface area contributed by atoms with E-state index >= 15 is 0 Å². The van der Waals surface area contributed by atoms with Crippen LogP contribution in [-0.4, -0.2) is 20.3 Å². The first-order valence-electron chi connectivity index (χ1n) is 5.49. The Labute approximate surface area is 96.7 Å². The van der Waals surface area contributed by atoms with Crippen LogP contribution in [0.4, 0.5) is 0 Å². The lowest BCUT2D eigenvalue weighted by atomic mass is 10.2. The fourth-order valence-electron chi connectivity index (χ4n) is 1.58. The third-order valence-electron chi connectivity index (χ3n) is 2.41. The highest BCUT2D eigenvalue weighted by atomic mass is 32.1. The Kier molecular flexibility index (Phi) is 5.91. The van der Waals surface area contributed by atoms with Crippen molar-refractivity contribution in [2.24, 2.45) is 0 Å². The fourth-order valence-corrected chi connectivity index (χ4v) is 2.52. The molecule has 0 saturated carbocycles. The Morgan fingerprint density at radius 3 is 2.73 bits per heavy atom. The van der Waals surface area contributed by atoms with Crippen molar-refractivity contribution in [1.82, 2.24) is 5.32 Å². The topological polar surface area (TPSA) is 21.3 Å². The molecule has 86 valence electrons. The second kappa shape index (κ2) is 6.99. The monoisotopic (exact) mass is 227 g/mol. The van der Waals surface area contributed by atoms with Crippen LogP contribution in [0.1, 0.15) is 28.2 Å². The van der Waals surface area contributed by atoms with E-state index in [0.29, 0.717) is 0 Å². The summed E-state index contributed by atoms with van der Waals surface area (Å²) in [5.41, 5.74) is 1.45. The van der Waals surface area contributed by atoms with Crippen molar-refractivity contribution < 1.29 is 4.74 Å². The molecule has 1 aromatic rings. The summed E-state index contributed by atoms with van der Waals surface area (Å²) in [6.45, 7) is 7.32. The van der Waals surface area contributed by atoms with Crippen molar-refractivity contribution in [3.05, 3.63) is 21.4 Å². The third-order valence-corrected chi connectivity index (χ3v) is 3.42. The average molecular weight is 227 g/mol. The van der Waals surface area contributed by atoms with Gasteiger partial charge >= 0.3 is 0 Å². The number of hydrogen-bond donors (Lipinski definition) is 1. The van der Waals surface area contributed by atoms with Gasteiger partial charge in [0.25, 0.3) is 0 Å². The molecule has 0 aliphatic heterocycles. The largest absolute Gasteiger partial charge is 0.385 e. The van der Waals surface area contributed by atoms with Crippen LogP contribution in [0.2, 0.25) is 0 Å². The molecule has 15 heavy (non-hydrogen) atoms. The minimum Gasteiger partial charge on any atom is -0.385 e. The number of thiophene rings is 1. The molecule has 0 radical (unpaired) electrons. The quantitative estimate of drug-likeness (QED) is 0.723. The highest BCUT2D eigenvalue weighted by Gasteiger charge is 2.01. The molecule has 0 bridgehead atoms. The normalized spacial score (nSPS) is 10.9. The fraction of sp³-hybridized carbons (Fsp3) is 0.667. The van der Waals surface area contributed by atoms with Crippen molar-refractivity contribution in [3.63, 3.8) is 0 Å². The van der Waals surface area contributed by atoms with E-state index in [9.17, 15) is 0 Å². The number of aryl methyl sites for hydroxylation is 2. The van der Waals surface area contributed by atoms with Gasteiger partial charge in [0.2, 0.25) is 0 Å². The van der Waals surface area contributed by atoms with E-state index in [-0.39, 0.29) is 0 Å². The Hall–Kier alpha value is -0.380. The zero-order valence-corrected chi connectivity index (χ0v) is 10.7. The molecular formula is C12H21NOS. The van der Waals surface area contributed by atoms with E-state index in [2.05, 4.69) is 25.2 Å². The standard InChI is InChI=1S/C12H21NOS/c1-10-8-12(11(2)15-10)9-13-6-4-5-7-14-3/h8,13H,4-7,9H2,1-3H3. The van der Waals surface area contributed by atoms with Crippen molar-refractivity contribution in [3.8, 4) is 0 Å². The number of nitrogens with one attached hydrogen (secondary N) is 1. The van der Waals surface area contributed by atoms with E-state index in [1.54, 1.807) is 7.11 Å². The van der Waals surface area contributed by atoms with Crippen LogP contribution in [0.5, 0.6) is 0 Å². The predicted molar refractivity (Wildman–Crippen MR) is 66.6 cm³/mol. The Morgan fingerprint density at radius 1 is 1.33 bits per heavy atom. The van der Waals surface area contributed by atoms with Crippen LogP contribution < -0.4 is 5.32 Å². The highest BCUT2D eigenvalue weighted by Crippen LogP contribution is 2.20. The van der Waals surface area contributed by atoms with Crippen LogP contribution in [0.25, 0.3) is 0 Å². The molecule has 1 rings (SSSR count). The van der Waals surface area contributed by atoms with Crippen molar-refractivity contribution >= 4 is 11.3 Å². The van der Waals surface area contributed by atoms with E-state index < -0.39 is 0 Å². The second-order valence-electron chi connectivity index (χ2n) is 3.82. The first kappa shape index (κ1) is 12.7. The Bertz CT molecular complexity index is 283. The Balaban J connectivity index is 2.12. The van der Waals surface area contributed by atoms with Crippen molar-refractivity contribution in [2.45, 2.75) is 33.2 Å². The summed E-state index contributed by atoms with van der Waals surface area (Å²) in [5.74, 6) is 0. The third kappa shape index (κ3) is 4.78. The molecule has 0 aromatic carbocycles. The van der Waals surface area contributed by atoms with E-state index in [4.69, 9.17) is 4.74 Å². The molecule has 2 nitrogen and oxygen atoms in total. The van der Waals surface area contributed by atoms with Gasteiger partial charge in [0, 0.05) is 30.0 Å². The molecule has 0 atom stereocenters. The molecular weight excluding hydrogens is 206 g/mol. The van der Waals surface area contributed by atoms with Gasteiger partial charge in [0.15, 0.2) is 0 Å². The molecule has 3 heteroatoms. The molecule has 1 N–H and O–H groups in total. The second-order valence-corrected chi connectivity index (χ2v) is 5.28. The molecule has 0 unspecified atom stereocenters. The summed E-state index contributed by atoms with van der Waals surface area (Å²) in [4.78, 5) is 2.85. The van der Waals surface area contributed by atoms with Gasteiger partial charge in [0.05, 0.1) is 0 Å². The lowest BCUT2D eigenvalue weighted by Gasteiger charge is -2.03. The SMILES string of the molecule is COCCCCNCc1cc(C)sc1C. The molecule has 0 spiro atoms. The molecule has 0 aliphatic rings. The number of unbranched alkanes of at least 4 members (excludes halogenated alkanes) is 1. The summed E-state index contributed by atoms with van der Waals surface area (Å²) in [5, 5.41) is 3.47. The molecule has 1 heterocycles. The minimum atomic E-state index is 0.873. The van der Waals surface area contributed by atoms with E-state index in [0.717, 1.165) is 26.1 Å².